The molecule has 0 spiro atoms. The lowest BCUT2D eigenvalue weighted by Crippen LogP contribution is -2.22. The Morgan fingerprint density at radius 3 is 2.50 bits per heavy atom. The number of nitro benzene ring substituents is 1. The maximum atomic E-state index is 14.7. The molecule has 0 atom stereocenters. The van der Waals surface area contributed by atoms with E-state index in [0.29, 0.717) is 16.8 Å². The van der Waals surface area contributed by atoms with Gasteiger partial charge in [-0.05, 0) is 13.0 Å². The quantitative estimate of drug-likeness (QED) is 0.199. The molecule has 0 radical (unpaired) electrons. The fourth-order valence-electron chi connectivity index (χ4n) is 2.68. The third kappa shape index (κ3) is 3.34. The summed E-state index contributed by atoms with van der Waals surface area (Å²) < 4.78 is 61.9. The van der Waals surface area contributed by atoms with Gasteiger partial charge in [-0.1, -0.05) is 11.6 Å². The molecular formula is C17H8ClF4N3O5. The van der Waals surface area contributed by atoms with E-state index in [9.17, 15) is 37.3 Å². The van der Waals surface area contributed by atoms with Crippen molar-refractivity contribution < 1.29 is 32.0 Å². The Labute approximate surface area is 168 Å². The van der Waals surface area contributed by atoms with Gasteiger partial charge in [0.15, 0.2) is 22.4 Å². The Kier molecular flexibility index (Phi) is 5.44. The van der Waals surface area contributed by atoms with Gasteiger partial charge >= 0.3 is 11.7 Å². The molecule has 8 nitrogen and oxygen atoms in total. The van der Waals surface area contributed by atoms with Gasteiger partial charge in [-0.3, -0.25) is 19.5 Å². The summed E-state index contributed by atoms with van der Waals surface area (Å²) >= 11 is 5.59. The van der Waals surface area contributed by atoms with Crippen molar-refractivity contribution in [2.45, 2.75) is 6.92 Å². The van der Waals surface area contributed by atoms with Crippen LogP contribution in [0.5, 0.6) is 0 Å². The molecule has 0 saturated heterocycles. The molecule has 1 aromatic carbocycles. The monoisotopic (exact) mass is 445 g/mol. The molecule has 2 heterocycles. The molecule has 13 heteroatoms. The van der Waals surface area contributed by atoms with Crippen molar-refractivity contribution in [3.63, 3.8) is 0 Å². The molecule has 3 rings (SSSR count). The van der Waals surface area contributed by atoms with E-state index in [-0.39, 0.29) is 12.7 Å². The molecule has 0 aliphatic heterocycles. The molecule has 2 aromatic heterocycles. The second kappa shape index (κ2) is 7.71. The summed E-state index contributed by atoms with van der Waals surface area (Å²) in [4.78, 5) is 37.8. The minimum absolute atomic E-state index is 0.0374. The van der Waals surface area contributed by atoms with Crippen LogP contribution in [0.2, 0.25) is 5.15 Å². The van der Waals surface area contributed by atoms with Gasteiger partial charge in [0.05, 0.1) is 16.9 Å². The van der Waals surface area contributed by atoms with Crippen LogP contribution < -0.4 is 5.43 Å². The van der Waals surface area contributed by atoms with Crippen LogP contribution in [-0.4, -0.2) is 27.1 Å². The number of ether oxygens (including phenoxy) is 1. The van der Waals surface area contributed by atoms with E-state index in [0.717, 1.165) is 0 Å². The van der Waals surface area contributed by atoms with E-state index in [2.05, 4.69) is 4.98 Å². The number of halogens is 5. The summed E-state index contributed by atoms with van der Waals surface area (Å²) in [5, 5.41) is 9.57. The van der Waals surface area contributed by atoms with Gasteiger partial charge in [0.1, 0.15) is 11.3 Å². The zero-order valence-corrected chi connectivity index (χ0v) is 15.5. The molecule has 0 fully saturated rings. The highest BCUT2D eigenvalue weighted by Crippen LogP contribution is 2.31. The standard InChI is InChI=1S/C17H8ClF4N3O5/c1-2-30-17(27)7-5-24(16-6(14(7)26)3-10(21)15(18)23-16)12-8(19)4-9(20)13(11(12)22)25(28)29/h3-5H,2H2,1H3. The van der Waals surface area contributed by atoms with Crippen LogP contribution in [0.1, 0.15) is 17.3 Å². The van der Waals surface area contributed by atoms with E-state index < -0.39 is 72.7 Å². The number of carbonyl (C=O) groups excluding carboxylic acids is 1. The maximum absolute atomic E-state index is 14.7. The lowest BCUT2D eigenvalue weighted by molar-refractivity contribution is -0.390. The summed E-state index contributed by atoms with van der Waals surface area (Å²) in [5.74, 6) is -7.78. The van der Waals surface area contributed by atoms with E-state index in [1.165, 1.54) is 6.92 Å². The third-order valence-corrected chi connectivity index (χ3v) is 4.19. The molecule has 156 valence electrons. The minimum Gasteiger partial charge on any atom is -0.462 e. The maximum Gasteiger partial charge on any atom is 0.343 e. The highest BCUT2D eigenvalue weighted by atomic mass is 35.5. The van der Waals surface area contributed by atoms with Crippen molar-refractivity contribution >= 4 is 34.3 Å². The summed E-state index contributed by atoms with van der Waals surface area (Å²) in [7, 11) is 0. The summed E-state index contributed by atoms with van der Waals surface area (Å²) in [6, 6.07) is 0.607. The van der Waals surface area contributed by atoms with Gasteiger partial charge in [-0.2, -0.15) is 8.78 Å². The van der Waals surface area contributed by atoms with Crippen LogP contribution in [0.15, 0.2) is 23.1 Å². The Hall–Kier alpha value is -3.54. The van der Waals surface area contributed by atoms with Gasteiger partial charge in [-0.15, -0.1) is 0 Å². The van der Waals surface area contributed by atoms with Crippen LogP contribution in [-0.2, 0) is 4.74 Å². The Balaban J connectivity index is 2.53. The predicted octanol–water partition coefficient (Wildman–Crippen LogP) is 3.68. The average Bonchev–Trinajstić information content (AvgIpc) is 2.64. The normalized spacial score (nSPS) is 11.0. The van der Waals surface area contributed by atoms with E-state index in [1.807, 2.05) is 0 Å². The number of aromatic nitrogens is 2. The number of nitro groups is 1. The SMILES string of the molecule is CCOC(=O)c1cn(-c2c(F)cc(F)c([N+](=O)[O-])c2F)c2nc(Cl)c(F)cc2c1=O. The first kappa shape index (κ1) is 21.2. The van der Waals surface area contributed by atoms with Crippen molar-refractivity contribution in [1.82, 2.24) is 9.55 Å². The zero-order chi connectivity index (χ0) is 22.3. The molecule has 30 heavy (non-hydrogen) atoms. The lowest BCUT2D eigenvalue weighted by atomic mass is 10.1. The van der Waals surface area contributed by atoms with Crippen molar-refractivity contribution in [2.75, 3.05) is 6.61 Å². The molecule has 0 unspecified atom stereocenters. The first-order valence-electron chi connectivity index (χ1n) is 7.99. The number of hydrogen-bond acceptors (Lipinski definition) is 6. The first-order chi connectivity index (χ1) is 14.1. The number of nitrogens with zero attached hydrogens (tertiary/aromatic N) is 3. The van der Waals surface area contributed by atoms with Crippen LogP contribution >= 0.6 is 11.6 Å². The fraction of sp³-hybridized carbons (Fsp3) is 0.118. The summed E-state index contributed by atoms with van der Waals surface area (Å²) in [6.07, 6.45) is 0.590. The number of hydrogen-bond donors (Lipinski definition) is 0. The van der Waals surface area contributed by atoms with Crippen LogP contribution in [0, 0.1) is 33.4 Å². The zero-order valence-electron chi connectivity index (χ0n) is 14.7. The second-order valence-electron chi connectivity index (χ2n) is 5.70. The molecule has 0 amide bonds. The van der Waals surface area contributed by atoms with E-state index in [4.69, 9.17) is 16.3 Å². The lowest BCUT2D eigenvalue weighted by Gasteiger charge is -2.14. The number of carbonyl (C=O) groups is 1. The number of fused-ring (bicyclic) bond motifs is 1. The highest BCUT2D eigenvalue weighted by Gasteiger charge is 2.30. The number of benzene rings is 1. The largest absolute Gasteiger partial charge is 0.462 e. The second-order valence-corrected chi connectivity index (χ2v) is 6.06. The third-order valence-electron chi connectivity index (χ3n) is 3.93. The highest BCUT2D eigenvalue weighted by molar-refractivity contribution is 6.29. The summed E-state index contributed by atoms with van der Waals surface area (Å²) in [5.41, 5.74) is -5.45. The van der Waals surface area contributed by atoms with Crippen molar-refractivity contribution in [1.29, 1.82) is 0 Å². The minimum atomic E-state index is -1.96. The average molecular weight is 446 g/mol. The Morgan fingerprint density at radius 1 is 1.23 bits per heavy atom. The van der Waals surface area contributed by atoms with Crippen molar-refractivity contribution in [2.24, 2.45) is 0 Å². The molecule has 0 saturated carbocycles. The van der Waals surface area contributed by atoms with E-state index >= 15 is 0 Å². The fourth-order valence-corrected chi connectivity index (χ4v) is 2.82. The Bertz CT molecular complexity index is 1300. The van der Waals surface area contributed by atoms with Crippen LogP contribution in [0.3, 0.4) is 0 Å². The van der Waals surface area contributed by atoms with Crippen LogP contribution in [0.25, 0.3) is 16.7 Å². The number of rotatable bonds is 4. The molecule has 0 aliphatic carbocycles. The summed E-state index contributed by atoms with van der Waals surface area (Å²) in [6.45, 7) is 1.25. The molecule has 0 N–H and O–H groups in total. The molecule has 0 bridgehead atoms. The molecular weight excluding hydrogens is 438 g/mol. The number of esters is 1. The van der Waals surface area contributed by atoms with Crippen molar-refractivity contribution in [3.05, 3.63) is 72.7 Å². The van der Waals surface area contributed by atoms with Gasteiger partial charge < -0.3 is 4.74 Å². The van der Waals surface area contributed by atoms with Gasteiger partial charge in [-0.25, -0.2) is 18.6 Å². The van der Waals surface area contributed by atoms with E-state index in [1.54, 1.807) is 0 Å². The predicted molar refractivity (Wildman–Crippen MR) is 94.8 cm³/mol. The van der Waals surface area contributed by atoms with Crippen LogP contribution in [0.4, 0.5) is 23.2 Å². The van der Waals surface area contributed by atoms with Gasteiger partial charge in [0.25, 0.3) is 0 Å². The molecule has 3 aromatic rings. The van der Waals surface area contributed by atoms with Crippen molar-refractivity contribution in [3.8, 4) is 5.69 Å². The number of pyridine rings is 2. The van der Waals surface area contributed by atoms with Gasteiger partial charge in [0.2, 0.25) is 17.1 Å². The molecule has 0 aliphatic rings. The Morgan fingerprint density at radius 2 is 1.90 bits per heavy atom. The first-order valence-corrected chi connectivity index (χ1v) is 8.37. The smallest absolute Gasteiger partial charge is 0.343 e. The van der Waals surface area contributed by atoms with Gasteiger partial charge in [0, 0.05) is 12.3 Å². The topological polar surface area (TPSA) is 104 Å².